The summed E-state index contributed by atoms with van der Waals surface area (Å²) in [5.74, 6) is 1.34. The second-order valence-electron chi connectivity index (χ2n) is 5.00. The molecule has 0 bridgehead atoms. The molecule has 0 radical (unpaired) electrons. The van der Waals surface area contributed by atoms with Crippen LogP contribution in [0.1, 0.15) is 29.2 Å². The molecular formula is C15H16ClN3O2. The van der Waals surface area contributed by atoms with Crippen LogP contribution in [0.4, 0.5) is 5.69 Å². The van der Waals surface area contributed by atoms with E-state index in [0.717, 1.165) is 31.6 Å². The maximum Gasteiger partial charge on any atom is 0.275 e. The predicted octanol–water partition coefficient (Wildman–Crippen LogP) is 3.13. The molecule has 0 saturated carbocycles. The zero-order valence-corrected chi connectivity index (χ0v) is 12.5. The van der Waals surface area contributed by atoms with Crippen molar-refractivity contribution in [1.82, 2.24) is 9.55 Å². The maximum absolute atomic E-state index is 12.2. The molecule has 2 heterocycles. The molecule has 6 heteroatoms. The van der Waals surface area contributed by atoms with E-state index >= 15 is 0 Å². The molecule has 1 aromatic carbocycles. The average molecular weight is 306 g/mol. The number of halogens is 1. The Labute approximate surface area is 127 Å². The van der Waals surface area contributed by atoms with Crippen molar-refractivity contribution in [2.75, 3.05) is 12.4 Å². The van der Waals surface area contributed by atoms with E-state index in [4.69, 9.17) is 16.3 Å². The number of nitrogens with one attached hydrogen (secondary N) is 1. The van der Waals surface area contributed by atoms with Gasteiger partial charge in [0.05, 0.1) is 12.1 Å². The minimum atomic E-state index is -0.224. The number of methoxy groups -OCH3 is 1. The summed E-state index contributed by atoms with van der Waals surface area (Å²) in [5, 5.41) is 3.26. The highest BCUT2D eigenvalue weighted by Gasteiger charge is 2.17. The number of carbonyl (C=O) groups is 1. The lowest BCUT2D eigenvalue weighted by molar-refractivity contribution is 0.102. The number of imidazole rings is 1. The third kappa shape index (κ3) is 2.88. The number of nitrogens with zero attached hydrogens (tertiary/aromatic N) is 2. The number of ether oxygens (including phenoxy) is 1. The molecule has 0 fully saturated rings. The van der Waals surface area contributed by atoms with Crippen LogP contribution in [-0.2, 0) is 13.0 Å². The molecule has 0 unspecified atom stereocenters. The van der Waals surface area contributed by atoms with Gasteiger partial charge >= 0.3 is 0 Å². The van der Waals surface area contributed by atoms with Crippen molar-refractivity contribution in [3.8, 4) is 5.75 Å². The Hall–Kier alpha value is -2.01. The number of rotatable bonds is 3. The highest BCUT2D eigenvalue weighted by Crippen LogP contribution is 2.27. The lowest BCUT2D eigenvalue weighted by Crippen LogP contribution is -2.12. The summed E-state index contributed by atoms with van der Waals surface area (Å²) < 4.78 is 7.14. The molecule has 0 spiro atoms. The second-order valence-corrected chi connectivity index (χ2v) is 5.40. The lowest BCUT2D eigenvalue weighted by Gasteiger charge is -2.11. The molecule has 1 aromatic heterocycles. The first-order valence-corrected chi connectivity index (χ1v) is 7.26. The van der Waals surface area contributed by atoms with E-state index in [1.54, 1.807) is 25.3 Å². The van der Waals surface area contributed by atoms with E-state index in [1.165, 1.54) is 0 Å². The van der Waals surface area contributed by atoms with Crippen molar-refractivity contribution in [3.05, 3.63) is 40.9 Å². The van der Waals surface area contributed by atoms with E-state index in [9.17, 15) is 4.79 Å². The number of aromatic nitrogens is 2. The van der Waals surface area contributed by atoms with Crippen LogP contribution in [-0.4, -0.2) is 22.6 Å². The minimum Gasteiger partial charge on any atom is -0.495 e. The zero-order valence-electron chi connectivity index (χ0n) is 11.7. The fourth-order valence-electron chi connectivity index (χ4n) is 2.46. The zero-order chi connectivity index (χ0) is 14.8. The van der Waals surface area contributed by atoms with Gasteiger partial charge in [-0.3, -0.25) is 4.79 Å². The van der Waals surface area contributed by atoms with Crippen molar-refractivity contribution in [2.45, 2.75) is 25.8 Å². The van der Waals surface area contributed by atoms with E-state index in [1.807, 2.05) is 6.20 Å². The van der Waals surface area contributed by atoms with Crippen LogP contribution >= 0.6 is 11.6 Å². The van der Waals surface area contributed by atoms with Crippen molar-refractivity contribution >= 4 is 23.2 Å². The highest BCUT2D eigenvalue weighted by atomic mass is 35.5. The van der Waals surface area contributed by atoms with Crippen molar-refractivity contribution in [2.24, 2.45) is 0 Å². The summed E-state index contributed by atoms with van der Waals surface area (Å²) in [4.78, 5) is 16.6. The Bertz CT molecular complexity index is 658. The topological polar surface area (TPSA) is 56.1 Å². The predicted molar refractivity (Wildman–Crippen MR) is 81.1 cm³/mol. The van der Waals surface area contributed by atoms with E-state index in [0.29, 0.717) is 22.2 Å². The smallest absolute Gasteiger partial charge is 0.275 e. The molecule has 5 nitrogen and oxygen atoms in total. The Morgan fingerprint density at radius 2 is 2.29 bits per heavy atom. The van der Waals surface area contributed by atoms with Crippen molar-refractivity contribution in [1.29, 1.82) is 0 Å². The van der Waals surface area contributed by atoms with E-state index in [2.05, 4.69) is 14.9 Å². The molecule has 1 amide bonds. The molecule has 2 aromatic rings. The largest absolute Gasteiger partial charge is 0.495 e. The maximum atomic E-state index is 12.2. The van der Waals surface area contributed by atoms with E-state index in [-0.39, 0.29) is 5.91 Å². The summed E-state index contributed by atoms with van der Waals surface area (Å²) in [7, 11) is 1.55. The van der Waals surface area contributed by atoms with Gasteiger partial charge in [-0.1, -0.05) is 11.6 Å². The van der Waals surface area contributed by atoms with Crippen LogP contribution in [0.25, 0.3) is 0 Å². The number of hydrogen-bond donors (Lipinski definition) is 1. The summed E-state index contributed by atoms with van der Waals surface area (Å²) >= 11 is 6.05. The number of hydrogen-bond acceptors (Lipinski definition) is 3. The van der Waals surface area contributed by atoms with Gasteiger partial charge in [-0.05, 0) is 31.0 Å². The number of anilines is 1. The highest BCUT2D eigenvalue weighted by molar-refractivity contribution is 6.32. The molecule has 1 aliphatic rings. The van der Waals surface area contributed by atoms with Crippen LogP contribution in [0.3, 0.4) is 0 Å². The molecular weight excluding hydrogens is 290 g/mol. The van der Waals surface area contributed by atoms with Gasteiger partial charge < -0.3 is 14.6 Å². The summed E-state index contributed by atoms with van der Waals surface area (Å²) in [6.07, 6.45) is 5.02. The van der Waals surface area contributed by atoms with Crippen molar-refractivity contribution < 1.29 is 9.53 Å². The van der Waals surface area contributed by atoms with Gasteiger partial charge in [-0.25, -0.2) is 4.98 Å². The molecule has 21 heavy (non-hydrogen) atoms. The summed E-state index contributed by atoms with van der Waals surface area (Å²) in [6, 6.07) is 5.13. The second kappa shape index (κ2) is 5.77. The Morgan fingerprint density at radius 3 is 3.00 bits per heavy atom. The Morgan fingerprint density at radius 1 is 1.43 bits per heavy atom. The quantitative estimate of drug-likeness (QED) is 0.948. The standard InChI is InChI=1S/C15H16ClN3O2/c1-21-13-6-5-10(8-11(13)16)17-15(20)12-9-19-7-3-2-4-14(19)18-12/h5-6,8-9H,2-4,7H2,1H3,(H,17,20). The molecule has 3 rings (SSSR count). The third-order valence-electron chi connectivity index (χ3n) is 3.55. The molecule has 1 N–H and O–H groups in total. The Kier molecular flexibility index (Phi) is 3.84. The van der Waals surface area contributed by atoms with Crippen LogP contribution in [0.2, 0.25) is 5.02 Å². The molecule has 0 atom stereocenters. The third-order valence-corrected chi connectivity index (χ3v) is 3.85. The van der Waals surface area contributed by atoms with Crippen LogP contribution < -0.4 is 10.1 Å². The first-order valence-electron chi connectivity index (χ1n) is 6.88. The van der Waals surface area contributed by atoms with Gasteiger partial charge in [0.15, 0.2) is 0 Å². The van der Waals surface area contributed by atoms with Gasteiger partial charge in [0, 0.05) is 24.8 Å². The average Bonchev–Trinajstić information content (AvgIpc) is 2.91. The fraction of sp³-hybridized carbons (Fsp3) is 0.333. The van der Waals surface area contributed by atoms with Crippen LogP contribution in [0.15, 0.2) is 24.4 Å². The van der Waals surface area contributed by atoms with Crippen LogP contribution in [0.5, 0.6) is 5.75 Å². The number of amides is 1. The van der Waals surface area contributed by atoms with Gasteiger partial charge in [0.1, 0.15) is 17.3 Å². The molecule has 1 aliphatic heterocycles. The van der Waals surface area contributed by atoms with Gasteiger partial charge in [0.2, 0.25) is 0 Å². The number of carbonyl (C=O) groups excluding carboxylic acids is 1. The van der Waals surface area contributed by atoms with E-state index < -0.39 is 0 Å². The molecule has 0 aliphatic carbocycles. The number of aryl methyl sites for hydroxylation is 2. The lowest BCUT2D eigenvalue weighted by atomic mass is 10.2. The van der Waals surface area contributed by atoms with Gasteiger partial charge in [-0.15, -0.1) is 0 Å². The molecule has 110 valence electrons. The normalized spacial score (nSPS) is 13.6. The SMILES string of the molecule is COc1ccc(NC(=O)c2cn3c(n2)CCCC3)cc1Cl. The number of benzene rings is 1. The summed E-state index contributed by atoms with van der Waals surface area (Å²) in [6.45, 7) is 0.935. The van der Waals surface area contributed by atoms with Crippen LogP contribution in [0, 0.1) is 0 Å². The molecule has 0 saturated heterocycles. The summed E-state index contributed by atoms with van der Waals surface area (Å²) in [5.41, 5.74) is 1.07. The van der Waals surface area contributed by atoms with Gasteiger partial charge in [-0.2, -0.15) is 0 Å². The fourth-order valence-corrected chi connectivity index (χ4v) is 2.72. The minimum absolute atomic E-state index is 0.224. The number of fused-ring (bicyclic) bond motifs is 1. The van der Waals surface area contributed by atoms with Gasteiger partial charge in [0.25, 0.3) is 5.91 Å². The first kappa shape index (κ1) is 13.9. The monoisotopic (exact) mass is 305 g/mol. The Balaban J connectivity index is 1.77. The van der Waals surface area contributed by atoms with Crippen molar-refractivity contribution in [3.63, 3.8) is 0 Å². The first-order chi connectivity index (χ1) is 10.2.